The van der Waals surface area contributed by atoms with E-state index in [1.165, 1.54) is 0 Å². The maximum atomic E-state index is 12.5. The monoisotopic (exact) mass is 297 g/mol. The van der Waals surface area contributed by atoms with Crippen LogP contribution in [0.15, 0.2) is 30.3 Å². The fourth-order valence-electron chi connectivity index (χ4n) is 3.20. The van der Waals surface area contributed by atoms with Crippen molar-refractivity contribution in [1.29, 1.82) is 0 Å². The van der Waals surface area contributed by atoms with Crippen molar-refractivity contribution in [3.8, 4) is 0 Å². The average Bonchev–Trinajstić information content (AvgIpc) is 2.86. The summed E-state index contributed by atoms with van der Waals surface area (Å²) in [5, 5.41) is 0. The van der Waals surface area contributed by atoms with Gasteiger partial charge in [0, 0.05) is 17.7 Å². The average molecular weight is 297 g/mol. The number of fused-ring (bicyclic) bond motifs is 1. The lowest BCUT2D eigenvalue weighted by atomic mass is 9.81. The number of carbonyl (C=O) groups is 2. The van der Waals surface area contributed by atoms with Gasteiger partial charge in [-0.3, -0.25) is 4.79 Å². The van der Waals surface area contributed by atoms with Gasteiger partial charge in [0.05, 0.1) is 6.61 Å². The summed E-state index contributed by atoms with van der Waals surface area (Å²) in [7, 11) is 0. The Balaban J connectivity index is 1.95. The lowest BCUT2D eigenvalue weighted by Crippen LogP contribution is -2.18. The van der Waals surface area contributed by atoms with E-state index >= 15 is 0 Å². The molecule has 22 heavy (non-hydrogen) atoms. The number of ether oxygens (including phenoxy) is 1. The smallest absolute Gasteiger partial charge is 0.355 e. The minimum Gasteiger partial charge on any atom is -0.461 e. The molecule has 4 nitrogen and oxygen atoms in total. The number of hydrogen-bond acceptors (Lipinski definition) is 3. The van der Waals surface area contributed by atoms with Gasteiger partial charge < -0.3 is 9.72 Å². The molecule has 0 radical (unpaired) electrons. The second-order valence-electron chi connectivity index (χ2n) is 5.64. The number of hydrogen-bond donors (Lipinski definition) is 1. The summed E-state index contributed by atoms with van der Waals surface area (Å²) in [5.74, 6) is -0.132. The Bertz CT molecular complexity index is 715. The lowest BCUT2D eigenvalue weighted by molar-refractivity contribution is 0.0519. The van der Waals surface area contributed by atoms with Gasteiger partial charge in [-0.2, -0.15) is 0 Å². The normalized spacial score (nSPS) is 17.2. The molecule has 3 rings (SSSR count). The Morgan fingerprint density at radius 3 is 2.68 bits per heavy atom. The largest absolute Gasteiger partial charge is 0.461 e. The van der Waals surface area contributed by atoms with Gasteiger partial charge in [-0.05, 0) is 37.3 Å². The molecule has 0 bridgehead atoms. The molecule has 1 aromatic heterocycles. The minimum absolute atomic E-state index is 0.0967. The van der Waals surface area contributed by atoms with E-state index in [1.807, 2.05) is 37.3 Å². The van der Waals surface area contributed by atoms with E-state index in [0.29, 0.717) is 29.8 Å². The second kappa shape index (κ2) is 5.79. The van der Waals surface area contributed by atoms with Crippen LogP contribution in [-0.2, 0) is 11.2 Å². The number of aromatic nitrogens is 1. The molecule has 114 valence electrons. The predicted molar refractivity (Wildman–Crippen MR) is 83.3 cm³/mol. The third kappa shape index (κ3) is 2.45. The predicted octanol–water partition coefficient (Wildman–Crippen LogP) is 3.41. The molecule has 0 aliphatic heterocycles. The molecule has 1 heterocycles. The van der Waals surface area contributed by atoms with Gasteiger partial charge in [-0.1, -0.05) is 30.3 Å². The highest BCUT2D eigenvalue weighted by molar-refractivity contribution is 6.03. The van der Waals surface area contributed by atoms with Crippen molar-refractivity contribution in [2.75, 3.05) is 6.61 Å². The van der Waals surface area contributed by atoms with Crippen LogP contribution in [0.5, 0.6) is 0 Å². The summed E-state index contributed by atoms with van der Waals surface area (Å²) in [6.45, 7) is 3.90. The standard InChI is InChI=1S/C18H19NO3/c1-3-22-18(21)17-11(2)16-14(19-17)9-13(10-15(16)20)12-7-5-4-6-8-12/h4-8,13,19H,3,9-10H2,1-2H3/t13-/m0/s1. The molecule has 1 aliphatic rings. The Morgan fingerprint density at radius 1 is 1.27 bits per heavy atom. The number of benzene rings is 1. The van der Waals surface area contributed by atoms with Gasteiger partial charge in [0.25, 0.3) is 0 Å². The molecule has 0 amide bonds. The zero-order valence-corrected chi connectivity index (χ0v) is 12.8. The number of nitrogens with one attached hydrogen (secondary N) is 1. The third-order valence-corrected chi connectivity index (χ3v) is 4.24. The summed E-state index contributed by atoms with van der Waals surface area (Å²) in [5.41, 5.74) is 3.81. The van der Waals surface area contributed by atoms with Crippen molar-refractivity contribution < 1.29 is 14.3 Å². The van der Waals surface area contributed by atoms with E-state index in [4.69, 9.17) is 4.74 Å². The van der Waals surface area contributed by atoms with Crippen LogP contribution in [-0.4, -0.2) is 23.3 Å². The Hall–Kier alpha value is -2.36. The number of ketones is 1. The van der Waals surface area contributed by atoms with E-state index < -0.39 is 5.97 Å². The van der Waals surface area contributed by atoms with Crippen molar-refractivity contribution in [3.63, 3.8) is 0 Å². The molecule has 1 N–H and O–H groups in total. The first-order valence-electron chi connectivity index (χ1n) is 7.58. The lowest BCUT2D eigenvalue weighted by Gasteiger charge is -2.22. The first-order valence-corrected chi connectivity index (χ1v) is 7.58. The highest BCUT2D eigenvalue weighted by atomic mass is 16.5. The molecule has 1 aromatic carbocycles. The van der Waals surface area contributed by atoms with Gasteiger partial charge in [-0.15, -0.1) is 0 Å². The molecular weight excluding hydrogens is 278 g/mol. The summed E-state index contributed by atoms with van der Waals surface area (Å²) in [6, 6.07) is 10.0. The molecule has 2 aromatic rings. The number of H-pyrrole nitrogens is 1. The van der Waals surface area contributed by atoms with Crippen molar-refractivity contribution in [3.05, 3.63) is 58.4 Å². The number of carbonyl (C=O) groups excluding carboxylic acids is 2. The topological polar surface area (TPSA) is 59.2 Å². The van der Waals surface area contributed by atoms with Crippen molar-refractivity contribution in [2.24, 2.45) is 0 Å². The first kappa shape index (κ1) is 14.6. The fraction of sp³-hybridized carbons (Fsp3) is 0.333. The molecule has 0 saturated carbocycles. The van der Waals surface area contributed by atoms with Crippen LogP contribution < -0.4 is 0 Å². The molecule has 0 saturated heterocycles. The number of esters is 1. The van der Waals surface area contributed by atoms with Crippen LogP contribution in [0.1, 0.15) is 56.9 Å². The van der Waals surface area contributed by atoms with E-state index in [1.54, 1.807) is 6.92 Å². The molecule has 0 unspecified atom stereocenters. The van der Waals surface area contributed by atoms with Gasteiger partial charge in [0.1, 0.15) is 5.69 Å². The van der Waals surface area contributed by atoms with E-state index in [2.05, 4.69) is 4.98 Å². The number of rotatable bonds is 3. The highest BCUT2D eigenvalue weighted by Crippen LogP contribution is 2.35. The molecular formula is C18H19NO3. The zero-order valence-electron chi connectivity index (χ0n) is 12.8. The van der Waals surface area contributed by atoms with E-state index in [0.717, 1.165) is 17.7 Å². The third-order valence-electron chi connectivity index (χ3n) is 4.24. The van der Waals surface area contributed by atoms with Crippen LogP contribution >= 0.6 is 0 Å². The van der Waals surface area contributed by atoms with Crippen molar-refractivity contribution in [1.82, 2.24) is 4.98 Å². The molecule has 1 atom stereocenters. The molecule has 1 aliphatic carbocycles. The number of aromatic amines is 1. The van der Waals surface area contributed by atoms with Gasteiger partial charge in [-0.25, -0.2) is 4.79 Å². The van der Waals surface area contributed by atoms with Crippen molar-refractivity contribution in [2.45, 2.75) is 32.6 Å². The fourth-order valence-corrected chi connectivity index (χ4v) is 3.20. The van der Waals surface area contributed by atoms with Crippen LogP contribution in [0.4, 0.5) is 0 Å². The number of Topliss-reactive ketones (excluding diaryl/α,β-unsaturated/α-hetero) is 1. The summed E-state index contributed by atoms with van der Waals surface area (Å²) >= 11 is 0. The van der Waals surface area contributed by atoms with Crippen LogP contribution in [0.3, 0.4) is 0 Å². The SMILES string of the molecule is CCOC(=O)c1[nH]c2c(c1C)C(=O)C[C@@H](c1ccccc1)C2. The van der Waals surface area contributed by atoms with E-state index in [9.17, 15) is 9.59 Å². The second-order valence-corrected chi connectivity index (χ2v) is 5.64. The zero-order chi connectivity index (χ0) is 15.7. The summed E-state index contributed by atoms with van der Waals surface area (Å²) in [6.07, 6.45) is 1.23. The van der Waals surface area contributed by atoms with Gasteiger partial charge in [0.2, 0.25) is 0 Å². The van der Waals surface area contributed by atoms with Crippen molar-refractivity contribution >= 4 is 11.8 Å². The van der Waals surface area contributed by atoms with E-state index in [-0.39, 0.29) is 11.7 Å². The first-order chi connectivity index (χ1) is 10.6. The van der Waals surface area contributed by atoms with Crippen LogP contribution in [0.25, 0.3) is 0 Å². The maximum absolute atomic E-state index is 12.5. The Morgan fingerprint density at radius 2 is 2.00 bits per heavy atom. The molecule has 0 fully saturated rings. The minimum atomic E-state index is -0.390. The maximum Gasteiger partial charge on any atom is 0.355 e. The van der Waals surface area contributed by atoms with Gasteiger partial charge in [0.15, 0.2) is 5.78 Å². The molecule has 0 spiro atoms. The highest BCUT2D eigenvalue weighted by Gasteiger charge is 2.32. The Labute approximate surface area is 129 Å². The summed E-state index contributed by atoms with van der Waals surface area (Å²) in [4.78, 5) is 27.6. The quantitative estimate of drug-likeness (QED) is 0.883. The Kier molecular flexibility index (Phi) is 3.84. The summed E-state index contributed by atoms with van der Waals surface area (Å²) < 4.78 is 5.05. The van der Waals surface area contributed by atoms with Gasteiger partial charge >= 0.3 is 5.97 Å². The van der Waals surface area contributed by atoms with Crippen LogP contribution in [0, 0.1) is 6.92 Å². The van der Waals surface area contributed by atoms with Crippen LogP contribution in [0.2, 0.25) is 0 Å². The molecule has 4 heteroatoms.